The number of rotatable bonds is 2. The lowest BCUT2D eigenvalue weighted by atomic mass is 10.1. The molecule has 0 spiro atoms. The molecule has 2 rings (SSSR count). The second-order valence-corrected chi connectivity index (χ2v) is 4.81. The molecule has 2 aromatic rings. The van der Waals surface area contributed by atoms with Crippen molar-refractivity contribution >= 4 is 34.8 Å². The molecule has 0 aliphatic rings. The number of nitrogens with zero attached hydrogens (tertiary/aromatic N) is 1. The highest BCUT2D eigenvalue weighted by Crippen LogP contribution is 2.36. The van der Waals surface area contributed by atoms with Gasteiger partial charge < -0.3 is 5.32 Å². The lowest BCUT2D eigenvalue weighted by Crippen LogP contribution is -2.17. The highest BCUT2D eigenvalue weighted by molar-refractivity contribution is 6.30. The summed E-state index contributed by atoms with van der Waals surface area (Å²) in [5.74, 6) is -0.801. The minimum atomic E-state index is -4.64. The first kappa shape index (κ1) is 15.6. The third kappa shape index (κ3) is 3.86. The van der Waals surface area contributed by atoms with Crippen molar-refractivity contribution in [3.05, 3.63) is 57.8 Å². The van der Waals surface area contributed by atoms with E-state index in [0.717, 1.165) is 12.1 Å². The molecule has 0 bridgehead atoms. The topological polar surface area (TPSA) is 42.0 Å². The summed E-state index contributed by atoms with van der Waals surface area (Å²) in [5.41, 5.74) is -1.53. The van der Waals surface area contributed by atoms with E-state index in [1.165, 1.54) is 24.3 Å². The van der Waals surface area contributed by atoms with E-state index in [-0.39, 0.29) is 15.9 Å². The van der Waals surface area contributed by atoms with Crippen LogP contribution in [0.3, 0.4) is 0 Å². The molecule has 1 aromatic heterocycles. The molecule has 110 valence electrons. The van der Waals surface area contributed by atoms with Crippen LogP contribution >= 0.6 is 23.2 Å². The number of pyridine rings is 1. The zero-order chi connectivity index (χ0) is 15.6. The van der Waals surface area contributed by atoms with E-state index in [2.05, 4.69) is 10.3 Å². The second kappa shape index (κ2) is 5.91. The van der Waals surface area contributed by atoms with Crippen LogP contribution in [0.2, 0.25) is 10.2 Å². The molecule has 0 aliphatic carbocycles. The van der Waals surface area contributed by atoms with E-state index in [0.29, 0.717) is 0 Å². The van der Waals surface area contributed by atoms with E-state index in [1.807, 2.05) is 0 Å². The predicted molar refractivity (Wildman–Crippen MR) is 73.7 cm³/mol. The normalized spacial score (nSPS) is 11.3. The number of alkyl halides is 3. The highest BCUT2D eigenvalue weighted by atomic mass is 35.5. The van der Waals surface area contributed by atoms with Gasteiger partial charge in [0.2, 0.25) is 0 Å². The Morgan fingerprint density at radius 2 is 1.86 bits per heavy atom. The van der Waals surface area contributed by atoms with Crippen LogP contribution in [0.1, 0.15) is 16.1 Å². The van der Waals surface area contributed by atoms with Crippen molar-refractivity contribution in [1.82, 2.24) is 4.98 Å². The van der Waals surface area contributed by atoms with Crippen LogP contribution in [0, 0.1) is 0 Å². The molecule has 0 saturated heterocycles. The first-order chi connectivity index (χ1) is 9.77. The summed E-state index contributed by atoms with van der Waals surface area (Å²) in [4.78, 5) is 15.6. The monoisotopic (exact) mass is 334 g/mol. The van der Waals surface area contributed by atoms with Gasteiger partial charge in [0.25, 0.3) is 5.91 Å². The van der Waals surface area contributed by atoms with Crippen molar-refractivity contribution in [2.24, 2.45) is 0 Å². The number of aromatic nitrogens is 1. The van der Waals surface area contributed by atoms with Crippen LogP contribution in [0.5, 0.6) is 0 Å². The third-order valence-electron chi connectivity index (χ3n) is 2.48. The fourth-order valence-corrected chi connectivity index (χ4v) is 1.92. The van der Waals surface area contributed by atoms with E-state index >= 15 is 0 Å². The van der Waals surface area contributed by atoms with Crippen LogP contribution in [-0.2, 0) is 6.18 Å². The van der Waals surface area contributed by atoms with Crippen molar-refractivity contribution in [3.8, 4) is 0 Å². The Hall–Kier alpha value is -1.79. The molecule has 21 heavy (non-hydrogen) atoms. The maximum Gasteiger partial charge on any atom is 0.418 e. The molecular weight excluding hydrogens is 328 g/mol. The van der Waals surface area contributed by atoms with E-state index in [9.17, 15) is 18.0 Å². The Kier molecular flexibility index (Phi) is 4.39. The molecule has 3 nitrogen and oxygen atoms in total. The number of carbonyl (C=O) groups excluding carboxylic acids is 1. The molecule has 8 heteroatoms. The molecule has 0 saturated carbocycles. The Labute approximate surface area is 127 Å². The molecule has 0 unspecified atom stereocenters. The Bertz CT molecular complexity index is 689. The summed E-state index contributed by atoms with van der Waals surface area (Å²) < 4.78 is 38.7. The Morgan fingerprint density at radius 1 is 1.14 bits per heavy atom. The third-order valence-corrected chi connectivity index (χ3v) is 2.93. The van der Waals surface area contributed by atoms with Crippen LogP contribution < -0.4 is 5.32 Å². The largest absolute Gasteiger partial charge is 0.418 e. The van der Waals surface area contributed by atoms with Gasteiger partial charge in [0.05, 0.1) is 11.3 Å². The number of carbonyl (C=O) groups is 1. The van der Waals surface area contributed by atoms with Gasteiger partial charge in [-0.1, -0.05) is 29.3 Å². The molecular formula is C13H7Cl2F3N2O. The summed E-state index contributed by atoms with van der Waals surface area (Å²) in [5, 5.41) is 2.13. The second-order valence-electron chi connectivity index (χ2n) is 3.99. The number of amides is 1. The zero-order valence-electron chi connectivity index (χ0n) is 10.2. The van der Waals surface area contributed by atoms with Crippen molar-refractivity contribution in [2.45, 2.75) is 6.18 Å². The fraction of sp³-hybridized carbons (Fsp3) is 0.0769. The van der Waals surface area contributed by atoms with Gasteiger partial charge in [-0.05, 0) is 30.3 Å². The first-order valence-electron chi connectivity index (χ1n) is 5.58. The number of halogens is 5. The van der Waals surface area contributed by atoms with Gasteiger partial charge in [-0.15, -0.1) is 0 Å². The smallest absolute Gasteiger partial charge is 0.320 e. The Balaban J connectivity index is 2.34. The molecule has 0 aliphatic heterocycles. The molecule has 1 N–H and O–H groups in total. The molecule has 0 fully saturated rings. The van der Waals surface area contributed by atoms with Gasteiger partial charge in [0.1, 0.15) is 10.8 Å². The predicted octanol–water partition coefficient (Wildman–Crippen LogP) is 4.66. The van der Waals surface area contributed by atoms with Gasteiger partial charge >= 0.3 is 6.18 Å². The first-order valence-corrected chi connectivity index (χ1v) is 6.33. The van der Waals surface area contributed by atoms with Crippen LogP contribution in [0.25, 0.3) is 0 Å². The van der Waals surface area contributed by atoms with E-state index < -0.39 is 23.3 Å². The minimum Gasteiger partial charge on any atom is -0.320 e. The Morgan fingerprint density at radius 3 is 2.48 bits per heavy atom. The summed E-state index contributed by atoms with van der Waals surface area (Å²) in [6.07, 6.45) is -4.64. The summed E-state index contributed by atoms with van der Waals surface area (Å²) in [6.45, 7) is 0. The van der Waals surface area contributed by atoms with Gasteiger partial charge in [-0.2, -0.15) is 13.2 Å². The SMILES string of the molecule is O=C(Nc1ccc(Cl)cc1C(F)(F)F)c1cccc(Cl)n1. The van der Waals surface area contributed by atoms with E-state index in [1.54, 1.807) is 0 Å². The number of hydrogen-bond donors (Lipinski definition) is 1. The lowest BCUT2D eigenvalue weighted by molar-refractivity contribution is -0.136. The molecule has 1 heterocycles. The fourth-order valence-electron chi connectivity index (χ4n) is 1.58. The van der Waals surface area contributed by atoms with Gasteiger partial charge in [-0.25, -0.2) is 4.98 Å². The average molecular weight is 335 g/mol. The van der Waals surface area contributed by atoms with E-state index in [4.69, 9.17) is 23.2 Å². The van der Waals surface area contributed by atoms with Crippen molar-refractivity contribution < 1.29 is 18.0 Å². The van der Waals surface area contributed by atoms with Crippen molar-refractivity contribution in [3.63, 3.8) is 0 Å². The van der Waals surface area contributed by atoms with Gasteiger partial charge in [0, 0.05) is 5.02 Å². The van der Waals surface area contributed by atoms with Crippen molar-refractivity contribution in [2.75, 3.05) is 5.32 Å². The van der Waals surface area contributed by atoms with Crippen LogP contribution in [0.4, 0.5) is 18.9 Å². The number of benzene rings is 1. The molecule has 1 aromatic carbocycles. The minimum absolute atomic E-state index is 0.0646. The quantitative estimate of drug-likeness (QED) is 0.811. The molecule has 0 radical (unpaired) electrons. The summed E-state index contributed by atoms with van der Waals surface area (Å²) in [6, 6.07) is 7.32. The van der Waals surface area contributed by atoms with Gasteiger partial charge in [0.15, 0.2) is 0 Å². The summed E-state index contributed by atoms with van der Waals surface area (Å²) in [7, 11) is 0. The van der Waals surface area contributed by atoms with Gasteiger partial charge in [-0.3, -0.25) is 4.79 Å². The summed E-state index contributed by atoms with van der Waals surface area (Å²) >= 11 is 11.2. The average Bonchev–Trinajstić information content (AvgIpc) is 2.39. The standard InChI is InChI=1S/C13H7Cl2F3N2O/c14-7-4-5-9(8(6-7)13(16,17)18)20-12(21)10-2-1-3-11(15)19-10/h1-6H,(H,20,21). The molecule has 1 amide bonds. The number of hydrogen-bond acceptors (Lipinski definition) is 2. The maximum absolute atomic E-state index is 12.9. The zero-order valence-corrected chi connectivity index (χ0v) is 11.7. The van der Waals surface area contributed by atoms with Crippen molar-refractivity contribution in [1.29, 1.82) is 0 Å². The maximum atomic E-state index is 12.9. The molecule has 0 atom stereocenters. The number of anilines is 1. The van der Waals surface area contributed by atoms with Crippen LogP contribution in [-0.4, -0.2) is 10.9 Å². The highest BCUT2D eigenvalue weighted by Gasteiger charge is 2.34. The van der Waals surface area contributed by atoms with Crippen LogP contribution in [0.15, 0.2) is 36.4 Å². The number of nitrogens with one attached hydrogen (secondary N) is 1. The lowest BCUT2D eigenvalue weighted by Gasteiger charge is -2.14.